The number of carbonyl (C=O) groups excluding carboxylic acids is 1. The summed E-state index contributed by atoms with van der Waals surface area (Å²) in [6, 6.07) is 6.82. The fourth-order valence-electron chi connectivity index (χ4n) is 3.41. The molecule has 4 heteroatoms. The third-order valence-corrected chi connectivity index (χ3v) is 4.49. The number of nitrogens with zero attached hydrogens (tertiary/aromatic N) is 1. The lowest BCUT2D eigenvalue weighted by Crippen LogP contribution is -2.47. The van der Waals surface area contributed by atoms with Gasteiger partial charge in [-0.05, 0) is 63.3 Å². The number of fused-ring (bicyclic) bond motifs is 1. The average Bonchev–Trinajstić information content (AvgIpc) is 2.85. The van der Waals surface area contributed by atoms with Gasteiger partial charge in [-0.25, -0.2) is 0 Å². The molecular weight excluding hydrogens is 272 g/mol. The van der Waals surface area contributed by atoms with E-state index in [0.29, 0.717) is 12.1 Å². The smallest absolute Gasteiger partial charge is 0.254 e. The molecule has 0 spiro atoms. The predicted octanol–water partition coefficient (Wildman–Crippen LogP) is 3.48. The number of carbonyl (C=O) groups is 1. The van der Waals surface area contributed by atoms with Crippen molar-refractivity contribution >= 4 is 24.0 Å². The quantitative estimate of drug-likeness (QED) is 0.860. The van der Waals surface area contributed by atoms with Gasteiger partial charge >= 0.3 is 0 Å². The van der Waals surface area contributed by atoms with Gasteiger partial charge in [-0.15, -0.1) is 12.4 Å². The molecule has 1 N–H and O–H groups in total. The molecule has 0 aliphatic carbocycles. The first-order valence-corrected chi connectivity index (χ1v) is 7.36. The first kappa shape index (κ1) is 15.2. The lowest BCUT2D eigenvalue weighted by molar-refractivity contribution is 0.0510. The molecule has 3 rings (SSSR count). The number of piperidine rings is 1. The number of rotatable bonds is 1. The van der Waals surface area contributed by atoms with E-state index in [1.165, 1.54) is 17.7 Å². The third kappa shape index (κ3) is 2.64. The fourth-order valence-corrected chi connectivity index (χ4v) is 3.41. The van der Waals surface area contributed by atoms with E-state index in [0.717, 1.165) is 31.4 Å². The van der Waals surface area contributed by atoms with Crippen LogP contribution in [0.2, 0.25) is 0 Å². The van der Waals surface area contributed by atoms with Crippen LogP contribution in [0.1, 0.15) is 49.0 Å². The summed E-state index contributed by atoms with van der Waals surface area (Å²) in [4.78, 5) is 14.8. The van der Waals surface area contributed by atoms with Crippen molar-refractivity contribution in [3.8, 4) is 0 Å². The van der Waals surface area contributed by atoms with Crippen molar-refractivity contribution in [2.45, 2.75) is 51.6 Å². The molecule has 0 bridgehead atoms. The van der Waals surface area contributed by atoms with E-state index in [4.69, 9.17) is 0 Å². The predicted molar refractivity (Wildman–Crippen MR) is 84.8 cm³/mol. The van der Waals surface area contributed by atoms with Gasteiger partial charge in [0.25, 0.3) is 5.91 Å². The van der Waals surface area contributed by atoms with Crippen molar-refractivity contribution in [1.29, 1.82) is 0 Å². The number of likely N-dealkylation sites (tertiary alicyclic amines) is 1. The Morgan fingerprint density at radius 3 is 2.65 bits per heavy atom. The molecule has 2 aliphatic heterocycles. The highest BCUT2D eigenvalue weighted by Crippen LogP contribution is 2.27. The van der Waals surface area contributed by atoms with Crippen LogP contribution >= 0.6 is 12.4 Å². The van der Waals surface area contributed by atoms with Crippen molar-refractivity contribution < 1.29 is 4.79 Å². The molecule has 0 saturated carbocycles. The van der Waals surface area contributed by atoms with Gasteiger partial charge in [0.15, 0.2) is 0 Å². The number of halogens is 1. The van der Waals surface area contributed by atoms with Crippen LogP contribution in [0, 0.1) is 0 Å². The summed E-state index contributed by atoms with van der Waals surface area (Å²) in [5.74, 6) is 0.203. The van der Waals surface area contributed by atoms with Crippen LogP contribution in [-0.2, 0) is 6.42 Å². The Morgan fingerprint density at radius 1 is 1.25 bits per heavy atom. The van der Waals surface area contributed by atoms with Crippen LogP contribution in [0.4, 0.5) is 5.69 Å². The van der Waals surface area contributed by atoms with Crippen LogP contribution in [0.3, 0.4) is 0 Å². The maximum Gasteiger partial charge on any atom is 0.254 e. The molecule has 0 radical (unpaired) electrons. The molecule has 1 amide bonds. The first-order valence-electron chi connectivity index (χ1n) is 7.36. The summed E-state index contributed by atoms with van der Waals surface area (Å²) in [5.41, 5.74) is 3.32. The number of benzene rings is 1. The summed E-state index contributed by atoms with van der Waals surface area (Å²) in [6.07, 6.45) is 4.52. The molecule has 2 heterocycles. The SMILES string of the molecule is CC1CCCC(C)N1C(=O)c1ccc2c(c1)CCN2.Cl. The highest BCUT2D eigenvalue weighted by atomic mass is 35.5. The minimum absolute atomic E-state index is 0. The second-order valence-electron chi connectivity index (χ2n) is 5.89. The lowest BCUT2D eigenvalue weighted by atomic mass is 9.96. The van der Waals surface area contributed by atoms with Gasteiger partial charge in [-0.1, -0.05) is 0 Å². The minimum atomic E-state index is 0. The van der Waals surface area contributed by atoms with E-state index in [-0.39, 0.29) is 18.3 Å². The molecule has 1 saturated heterocycles. The van der Waals surface area contributed by atoms with Crippen molar-refractivity contribution in [3.05, 3.63) is 29.3 Å². The topological polar surface area (TPSA) is 32.3 Å². The van der Waals surface area contributed by atoms with Crippen molar-refractivity contribution in [3.63, 3.8) is 0 Å². The standard InChI is InChI=1S/C16H22N2O.ClH/c1-11-4-3-5-12(2)18(11)16(19)14-6-7-15-13(10-14)8-9-17-15;/h6-7,10-12,17H,3-5,8-9H2,1-2H3;1H. The first-order chi connectivity index (χ1) is 9.16. The Morgan fingerprint density at radius 2 is 1.95 bits per heavy atom. The number of nitrogens with one attached hydrogen (secondary N) is 1. The molecule has 20 heavy (non-hydrogen) atoms. The third-order valence-electron chi connectivity index (χ3n) is 4.49. The van der Waals surface area contributed by atoms with E-state index in [2.05, 4.69) is 36.2 Å². The van der Waals surface area contributed by atoms with E-state index in [9.17, 15) is 4.79 Å². The molecule has 1 aromatic carbocycles. The van der Waals surface area contributed by atoms with Crippen molar-refractivity contribution in [2.24, 2.45) is 0 Å². The Bertz CT molecular complexity index is 493. The second kappa shape index (κ2) is 6.04. The molecule has 2 atom stereocenters. The van der Waals surface area contributed by atoms with Gasteiger partial charge in [0, 0.05) is 29.9 Å². The van der Waals surface area contributed by atoms with Crippen LogP contribution < -0.4 is 5.32 Å². The summed E-state index contributed by atoms with van der Waals surface area (Å²) in [7, 11) is 0. The Labute approximate surface area is 127 Å². The fraction of sp³-hybridized carbons (Fsp3) is 0.562. The average molecular weight is 295 g/mol. The van der Waals surface area contributed by atoms with E-state index >= 15 is 0 Å². The van der Waals surface area contributed by atoms with Gasteiger partial charge in [0.2, 0.25) is 0 Å². The maximum absolute atomic E-state index is 12.7. The Hall–Kier alpha value is -1.22. The molecule has 3 nitrogen and oxygen atoms in total. The van der Waals surface area contributed by atoms with Crippen molar-refractivity contribution in [1.82, 2.24) is 4.90 Å². The number of anilines is 1. The molecule has 2 unspecified atom stereocenters. The van der Waals surface area contributed by atoms with E-state index in [1.54, 1.807) is 0 Å². The zero-order valence-corrected chi connectivity index (χ0v) is 13.0. The largest absolute Gasteiger partial charge is 0.384 e. The van der Waals surface area contributed by atoms with Gasteiger partial charge in [0.05, 0.1) is 0 Å². The molecule has 110 valence electrons. The Kier molecular flexibility index (Phi) is 4.59. The van der Waals surface area contributed by atoms with E-state index < -0.39 is 0 Å². The van der Waals surface area contributed by atoms with Crippen molar-refractivity contribution in [2.75, 3.05) is 11.9 Å². The number of hydrogen-bond acceptors (Lipinski definition) is 2. The lowest BCUT2D eigenvalue weighted by Gasteiger charge is -2.39. The highest BCUT2D eigenvalue weighted by molar-refractivity contribution is 5.95. The number of hydrogen-bond donors (Lipinski definition) is 1. The monoisotopic (exact) mass is 294 g/mol. The summed E-state index contributed by atoms with van der Waals surface area (Å²) >= 11 is 0. The van der Waals surface area contributed by atoms with Gasteiger partial charge < -0.3 is 10.2 Å². The van der Waals surface area contributed by atoms with E-state index in [1.807, 2.05) is 6.07 Å². The van der Waals surface area contributed by atoms with Gasteiger partial charge in [0.1, 0.15) is 0 Å². The zero-order valence-electron chi connectivity index (χ0n) is 12.2. The number of amides is 1. The van der Waals surface area contributed by atoms with Crippen LogP contribution in [-0.4, -0.2) is 29.4 Å². The normalized spacial score (nSPS) is 24.6. The summed E-state index contributed by atoms with van der Waals surface area (Å²) < 4.78 is 0. The van der Waals surface area contributed by atoms with Crippen LogP contribution in [0.15, 0.2) is 18.2 Å². The molecule has 1 fully saturated rings. The van der Waals surface area contributed by atoms with Crippen LogP contribution in [0.25, 0.3) is 0 Å². The molecular formula is C16H23ClN2O. The molecule has 2 aliphatic rings. The highest BCUT2D eigenvalue weighted by Gasteiger charge is 2.30. The second-order valence-corrected chi connectivity index (χ2v) is 5.89. The Balaban J connectivity index is 0.00000147. The summed E-state index contributed by atoms with van der Waals surface area (Å²) in [5, 5.41) is 3.34. The molecule has 1 aromatic rings. The zero-order chi connectivity index (χ0) is 13.4. The summed E-state index contributed by atoms with van der Waals surface area (Å²) in [6.45, 7) is 5.33. The van der Waals surface area contributed by atoms with Gasteiger partial charge in [-0.3, -0.25) is 4.79 Å². The van der Waals surface area contributed by atoms with Gasteiger partial charge in [-0.2, -0.15) is 0 Å². The maximum atomic E-state index is 12.7. The molecule has 0 aromatic heterocycles. The minimum Gasteiger partial charge on any atom is -0.384 e. The van der Waals surface area contributed by atoms with Crippen LogP contribution in [0.5, 0.6) is 0 Å².